The molecule has 0 bridgehead atoms. The van der Waals surface area contributed by atoms with Crippen LogP contribution in [-0.2, 0) is 16.1 Å². The van der Waals surface area contributed by atoms with Crippen LogP contribution in [-0.4, -0.2) is 46.0 Å². The number of nitrogens with one attached hydrogen (secondary N) is 1. The van der Waals surface area contributed by atoms with Gasteiger partial charge >= 0.3 is 0 Å². The van der Waals surface area contributed by atoms with Gasteiger partial charge < -0.3 is 10.1 Å². The van der Waals surface area contributed by atoms with Crippen LogP contribution in [0.1, 0.15) is 20.3 Å². The van der Waals surface area contributed by atoms with Gasteiger partial charge in [-0.05, 0) is 25.5 Å². The van der Waals surface area contributed by atoms with Crippen LogP contribution in [0, 0.1) is 0 Å². The third-order valence-corrected chi connectivity index (χ3v) is 4.54. The third kappa shape index (κ3) is 4.55. The molecule has 0 radical (unpaired) electrons. The number of pyridine rings is 1. The normalized spacial score (nSPS) is 12.3. The predicted octanol–water partition coefficient (Wildman–Crippen LogP) is 1.44. The quantitative estimate of drug-likeness (QED) is 0.573. The zero-order valence-electron chi connectivity index (χ0n) is 14.1. The molecule has 2 aromatic rings. The minimum Gasteiger partial charge on any atom is -0.383 e. The summed E-state index contributed by atoms with van der Waals surface area (Å²) in [5.41, 5.74) is 0.219. The number of nitrogens with zero attached hydrogens (tertiary/aromatic N) is 3. The Kier molecular flexibility index (Phi) is 6.74. The first-order valence-electron chi connectivity index (χ1n) is 7.83. The molecular formula is C16H22N4O3S. The lowest BCUT2D eigenvalue weighted by Gasteiger charge is -2.13. The van der Waals surface area contributed by atoms with E-state index < -0.39 is 0 Å². The lowest BCUT2D eigenvalue weighted by atomic mass is 10.3. The van der Waals surface area contributed by atoms with Crippen molar-refractivity contribution >= 4 is 28.7 Å². The van der Waals surface area contributed by atoms with Gasteiger partial charge in [0.15, 0.2) is 10.8 Å². The summed E-state index contributed by atoms with van der Waals surface area (Å²) in [6.45, 7) is 4.73. The first-order valence-corrected chi connectivity index (χ1v) is 8.82. The first kappa shape index (κ1) is 18.4. The highest BCUT2D eigenvalue weighted by Gasteiger charge is 2.14. The van der Waals surface area contributed by atoms with Crippen LogP contribution < -0.4 is 10.9 Å². The van der Waals surface area contributed by atoms with Crippen LogP contribution in [0.15, 0.2) is 28.3 Å². The number of carbonyl (C=O) groups is 1. The highest BCUT2D eigenvalue weighted by atomic mass is 32.2. The second-order valence-corrected chi connectivity index (χ2v) is 6.33. The van der Waals surface area contributed by atoms with Crippen LogP contribution in [0.4, 0.5) is 0 Å². The van der Waals surface area contributed by atoms with Crippen LogP contribution >= 0.6 is 11.8 Å². The average molecular weight is 350 g/mol. The Hall–Kier alpha value is -1.93. The van der Waals surface area contributed by atoms with Crippen molar-refractivity contribution in [3.05, 3.63) is 28.7 Å². The lowest BCUT2D eigenvalue weighted by molar-refractivity contribution is -0.119. The standard InChI is InChI=1S/C16H22N4O3S/c1-4-11(2)18-13(21)10-24-16-19-14-12(6-5-7-17-14)15(22)20(16)8-9-23-3/h5-7,11H,4,8-10H2,1-3H3,(H,18,21). The highest BCUT2D eigenvalue weighted by Crippen LogP contribution is 2.16. The zero-order chi connectivity index (χ0) is 17.5. The number of amides is 1. The van der Waals surface area contributed by atoms with Gasteiger partial charge in [0.25, 0.3) is 5.56 Å². The minimum atomic E-state index is -0.171. The molecule has 0 aliphatic carbocycles. The van der Waals surface area contributed by atoms with Crippen LogP contribution in [0.3, 0.4) is 0 Å². The smallest absolute Gasteiger partial charge is 0.263 e. The van der Waals surface area contributed by atoms with Gasteiger partial charge in [0.1, 0.15) is 0 Å². The number of hydrogen-bond acceptors (Lipinski definition) is 6. The molecule has 0 aliphatic heterocycles. The summed E-state index contributed by atoms with van der Waals surface area (Å²) in [5, 5.41) is 3.83. The van der Waals surface area contributed by atoms with Crippen molar-refractivity contribution in [3.8, 4) is 0 Å². The van der Waals surface area contributed by atoms with E-state index in [4.69, 9.17) is 4.74 Å². The lowest BCUT2D eigenvalue weighted by Crippen LogP contribution is -2.33. The monoisotopic (exact) mass is 350 g/mol. The summed E-state index contributed by atoms with van der Waals surface area (Å²) in [7, 11) is 1.58. The second kappa shape index (κ2) is 8.79. The number of thioether (sulfide) groups is 1. The van der Waals surface area contributed by atoms with E-state index in [2.05, 4.69) is 15.3 Å². The van der Waals surface area contributed by atoms with Crippen molar-refractivity contribution in [2.24, 2.45) is 0 Å². The fourth-order valence-electron chi connectivity index (χ4n) is 2.07. The molecule has 0 aromatic carbocycles. The van der Waals surface area contributed by atoms with Gasteiger partial charge in [0.05, 0.1) is 24.3 Å². The molecule has 1 N–H and O–H groups in total. The van der Waals surface area contributed by atoms with Crippen molar-refractivity contribution in [3.63, 3.8) is 0 Å². The highest BCUT2D eigenvalue weighted by molar-refractivity contribution is 7.99. The molecule has 1 amide bonds. The molecule has 24 heavy (non-hydrogen) atoms. The van der Waals surface area contributed by atoms with E-state index >= 15 is 0 Å². The Bertz CT molecular complexity index is 763. The van der Waals surface area contributed by atoms with Crippen molar-refractivity contribution in [2.75, 3.05) is 19.5 Å². The second-order valence-electron chi connectivity index (χ2n) is 5.38. The molecule has 7 nitrogen and oxygen atoms in total. The van der Waals surface area contributed by atoms with Crippen LogP contribution in [0.5, 0.6) is 0 Å². The number of fused-ring (bicyclic) bond motifs is 1. The van der Waals surface area contributed by atoms with E-state index in [9.17, 15) is 9.59 Å². The van der Waals surface area contributed by atoms with Gasteiger partial charge in [-0.25, -0.2) is 9.97 Å². The predicted molar refractivity (Wildman–Crippen MR) is 94.3 cm³/mol. The number of aromatic nitrogens is 3. The van der Waals surface area contributed by atoms with Crippen molar-refractivity contribution in [2.45, 2.75) is 38.0 Å². The van der Waals surface area contributed by atoms with Gasteiger partial charge in [0, 0.05) is 19.3 Å². The number of hydrogen-bond donors (Lipinski definition) is 1. The molecule has 0 saturated carbocycles. The largest absolute Gasteiger partial charge is 0.383 e. The molecule has 2 rings (SSSR count). The number of rotatable bonds is 8. The maximum absolute atomic E-state index is 12.6. The Morgan fingerprint density at radius 3 is 3.00 bits per heavy atom. The summed E-state index contributed by atoms with van der Waals surface area (Å²) in [4.78, 5) is 33.2. The SMILES string of the molecule is CCC(C)NC(=O)CSc1nc2ncccc2c(=O)n1CCOC. The molecule has 1 atom stereocenters. The van der Waals surface area contributed by atoms with Gasteiger partial charge in [0.2, 0.25) is 5.91 Å². The molecular weight excluding hydrogens is 328 g/mol. The van der Waals surface area contributed by atoms with Gasteiger partial charge in [-0.15, -0.1) is 0 Å². The average Bonchev–Trinajstić information content (AvgIpc) is 2.59. The molecule has 0 fully saturated rings. The Morgan fingerprint density at radius 1 is 1.50 bits per heavy atom. The summed E-state index contributed by atoms with van der Waals surface area (Å²) < 4.78 is 6.61. The molecule has 1 unspecified atom stereocenters. The van der Waals surface area contributed by atoms with E-state index in [0.717, 1.165) is 6.42 Å². The molecule has 0 spiro atoms. The first-order chi connectivity index (χ1) is 11.6. The molecule has 2 aromatic heterocycles. The van der Waals surface area contributed by atoms with Gasteiger partial charge in [-0.2, -0.15) is 0 Å². The minimum absolute atomic E-state index is 0.0805. The number of carbonyl (C=O) groups excluding carboxylic acids is 1. The Balaban J connectivity index is 2.26. The molecule has 0 aliphatic rings. The molecule has 130 valence electrons. The Morgan fingerprint density at radius 2 is 2.29 bits per heavy atom. The van der Waals surface area contributed by atoms with Crippen LogP contribution in [0.25, 0.3) is 11.0 Å². The Labute approximate surface area is 144 Å². The van der Waals surface area contributed by atoms with E-state index in [0.29, 0.717) is 29.3 Å². The van der Waals surface area contributed by atoms with Gasteiger partial charge in [-0.1, -0.05) is 18.7 Å². The van der Waals surface area contributed by atoms with Gasteiger partial charge in [-0.3, -0.25) is 14.2 Å². The molecule has 0 saturated heterocycles. The van der Waals surface area contributed by atoms with Crippen LogP contribution in [0.2, 0.25) is 0 Å². The van der Waals surface area contributed by atoms with E-state index in [-0.39, 0.29) is 23.3 Å². The van der Waals surface area contributed by atoms with Crippen molar-refractivity contribution < 1.29 is 9.53 Å². The molecule has 8 heteroatoms. The van der Waals surface area contributed by atoms with E-state index in [1.807, 2.05) is 13.8 Å². The number of methoxy groups -OCH3 is 1. The fraction of sp³-hybridized carbons (Fsp3) is 0.500. The third-order valence-electron chi connectivity index (χ3n) is 3.57. The van der Waals surface area contributed by atoms with Crippen molar-refractivity contribution in [1.29, 1.82) is 0 Å². The van der Waals surface area contributed by atoms with E-state index in [1.165, 1.54) is 16.3 Å². The maximum Gasteiger partial charge on any atom is 0.263 e. The summed E-state index contributed by atoms with van der Waals surface area (Å²) in [6.07, 6.45) is 2.46. The zero-order valence-corrected chi connectivity index (χ0v) is 14.9. The summed E-state index contributed by atoms with van der Waals surface area (Å²) in [5.74, 6) is 0.116. The maximum atomic E-state index is 12.6. The van der Waals surface area contributed by atoms with Crippen molar-refractivity contribution in [1.82, 2.24) is 19.9 Å². The topological polar surface area (TPSA) is 86.1 Å². The van der Waals surface area contributed by atoms with E-state index in [1.54, 1.807) is 25.4 Å². The number of ether oxygens (including phenoxy) is 1. The summed E-state index contributed by atoms with van der Waals surface area (Å²) in [6, 6.07) is 3.53. The fourth-order valence-corrected chi connectivity index (χ4v) is 2.90. The molecule has 2 heterocycles. The summed E-state index contributed by atoms with van der Waals surface area (Å²) >= 11 is 1.23.